The van der Waals surface area contributed by atoms with Gasteiger partial charge in [0.15, 0.2) is 0 Å². The van der Waals surface area contributed by atoms with Gasteiger partial charge in [-0.25, -0.2) is 14.5 Å². The SMILES string of the molecule is CCCCOC(=O)[C@@H]1CC2(CC2)C(=O)N1C(=O)OC(C)(C)C. The summed E-state index contributed by atoms with van der Waals surface area (Å²) in [6, 6.07) is -0.846. The van der Waals surface area contributed by atoms with E-state index in [4.69, 9.17) is 9.47 Å². The summed E-state index contributed by atoms with van der Waals surface area (Å²) in [5, 5.41) is 0. The van der Waals surface area contributed by atoms with Crippen molar-refractivity contribution in [3.8, 4) is 0 Å². The highest BCUT2D eigenvalue weighted by atomic mass is 16.6. The number of esters is 1. The standard InChI is InChI=1S/C16H25NO5/c1-5-6-9-21-12(18)11-10-16(7-8-16)13(19)17(11)14(20)22-15(2,3)4/h11H,5-10H2,1-4H3/t11-/m0/s1. The Hall–Kier alpha value is -1.59. The van der Waals surface area contributed by atoms with E-state index in [9.17, 15) is 14.4 Å². The Labute approximate surface area is 131 Å². The number of carbonyl (C=O) groups is 3. The molecule has 1 atom stereocenters. The van der Waals surface area contributed by atoms with Crippen LogP contribution in [0.3, 0.4) is 0 Å². The number of hydrogen-bond donors (Lipinski definition) is 0. The third kappa shape index (κ3) is 3.42. The molecule has 1 aliphatic carbocycles. The van der Waals surface area contributed by atoms with Crippen molar-refractivity contribution >= 4 is 18.0 Å². The monoisotopic (exact) mass is 311 g/mol. The summed E-state index contributed by atoms with van der Waals surface area (Å²) >= 11 is 0. The largest absolute Gasteiger partial charge is 0.464 e. The molecule has 6 heteroatoms. The van der Waals surface area contributed by atoms with Gasteiger partial charge in [0.25, 0.3) is 0 Å². The number of imide groups is 1. The fourth-order valence-electron chi connectivity index (χ4n) is 2.64. The summed E-state index contributed by atoms with van der Waals surface area (Å²) in [5.41, 5.74) is -1.25. The van der Waals surface area contributed by atoms with Crippen LogP contribution in [0.25, 0.3) is 0 Å². The van der Waals surface area contributed by atoms with E-state index in [-0.39, 0.29) is 5.91 Å². The summed E-state index contributed by atoms with van der Waals surface area (Å²) in [6.45, 7) is 7.50. The zero-order valence-electron chi connectivity index (χ0n) is 13.8. The van der Waals surface area contributed by atoms with Crippen molar-refractivity contribution in [3.05, 3.63) is 0 Å². The lowest BCUT2D eigenvalue weighted by atomic mass is 10.0. The first-order valence-electron chi connectivity index (χ1n) is 7.93. The predicted octanol–water partition coefficient (Wildman–Crippen LogP) is 2.65. The summed E-state index contributed by atoms with van der Waals surface area (Å²) in [4.78, 5) is 38.0. The first-order valence-corrected chi connectivity index (χ1v) is 7.93. The Morgan fingerprint density at radius 2 is 1.95 bits per heavy atom. The van der Waals surface area contributed by atoms with Gasteiger partial charge in [0, 0.05) is 0 Å². The van der Waals surface area contributed by atoms with Crippen molar-refractivity contribution < 1.29 is 23.9 Å². The number of amides is 2. The fourth-order valence-corrected chi connectivity index (χ4v) is 2.64. The van der Waals surface area contributed by atoms with Gasteiger partial charge in [-0.05, 0) is 46.5 Å². The highest BCUT2D eigenvalue weighted by molar-refractivity contribution is 6.03. The number of unbranched alkanes of at least 4 members (excludes halogenated alkanes) is 1. The minimum atomic E-state index is -0.846. The highest BCUT2D eigenvalue weighted by Gasteiger charge is 2.63. The van der Waals surface area contributed by atoms with Gasteiger partial charge in [0.1, 0.15) is 11.6 Å². The molecule has 1 saturated carbocycles. The van der Waals surface area contributed by atoms with Crippen LogP contribution >= 0.6 is 0 Å². The van der Waals surface area contributed by atoms with Crippen LogP contribution in [0.5, 0.6) is 0 Å². The highest BCUT2D eigenvalue weighted by Crippen LogP contribution is 2.56. The molecule has 0 N–H and O–H groups in total. The van der Waals surface area contributed by atoms with Crippen molar-refractivity contribution in [2.75, 3.05) is 6.61 Å². The lowest BCUT2D eigenvalue weighted by Crippen LogP contribution is -2.46. The molecule has 1 saturated heterocycles. The summed E-state index contributed by atoms with van der Waals surface area (Å²) < 4.78 is 10.5. The Bertz CT molecular complexity index is 475. The molecule has 0 aromatic carbocycles. The molecular formula is C16H25NO5. The molecule has 1 heterocycles. The average Bonchev–Trinajstić information content (AvgIpc) is 3.10. The van der Waals surface area contributed by atoms with Crippen LogP contribution in [0.2, 0.25) is 0 Å². The van der Waals surface area contributed by atoms with Crippen molar-refractivity contribution in [2.45, 2.75) is 71.4 Å². The molecule has 1 aliphatic heterocycles. The second-order valence-corrected chi connectivity index (χ2v) is 7.18. The Morgan fingerprint density at radius 1 is 1.32 bits per heavy atom. The number of hydrogen-bond acceptors (Lipinski definition) is 5. The van der Waals surface area contributed by atoms with Gasteiger partial charge in [-0.2, -0.15) is 0 Å². The smallest absolute Gasteiger partial charge is 0.417 e. The zero-order valence-corrected chi connectivity index (χ0v) is 13.8. The molecule has 0 aromatic rings. The average molecular weight is 311 g/mol. The molecule has 6 nitrogen and oxygen atoms in total. The molecule has 2 fully saturated rings. The third-order valence-electron chi connectivity index (χ3n) is 4.03. The van der Waals surface area contributed by atoms with Gasteiger partial charge in [-0.3, -0.25) is 4.79 Å². The third-order valence-corrected chi connectivity index (χ3v) is 4.03. The van der Waals surface area contributed by atoms with E-state index in [1.54, 1.807) is 20.8 Å². The van der Waals surface area contributed by atoms with Gasteiger partial charge in [0.2, 0.25) is 5.91 Å². The molecule has 0 radical (unpaired) electrons. The summed E-state index contributed by atoms with van der Waals surface area (Å²) in [7, 11) is 0. The maximum absolute atomic E-state index is 12.5. The van der Waals surface area contributed by atoms with Gasteiger partial charge >= 0.3 is 12.1 Å². The number of ether oxygens (including phenoxy) is 2. The second kappa shape index (κ2) is 5.89. The lowest BCUT2D eigenvalue weighted by molar-refractivity contribution is -0.151. The predicted molar refractivity (Wildman–Crippen MR) is 79.0 cm³/mol. The van der Waals surface area contributed by atoms with E-state index >= 15 is 0 Å². The molecule has 124 valence electrons. The van der Waals surface area contributed by atoms with Crippen molar-refractivity contribution in [3.63, 3.8) is 0 Å². The topological polar surface area (TPSA) is 72.9 Å². The Balaban J connectivity index is 2.10. The maximum atomic E-state index is 12.5. The number of nitrogens with zero attached hydrogens (tertiary/aromatic N) is 1. The van der Waals surface area contributed by atoms with E-state index < -0.39 is 29.1 Å². The van der Waals surface area contributed by atoms with E-state index in [0.717, 1.165) is 30.6 Å². The number of carbonyl (C=O) groups excluding carboxylic acids is 3. The van der Waals surface area contributed by atoms with Crippen LogP contribution in [-0.2, 0) is 19.1 Å². The van der Waals surface area contributed by atoms with E-state index in [1.165, 1.54) is 0 Å². The molecule has 2 rings (SSSR count). The molecule has 2 amide bonds. The van der Waals surface area contributed by atoms with Gasteiger partial charge in [-0.15, -0.1) is 0 Å². The van der Waals surface area contributed by atoms with Gasteiger partial charge in [0.05, 0.1) is 12.0 Å². The minimum Gasteiger partial charge on any atom is -0.464 e. The second-order valence-electron chi connectivity index (χ2n) is 7.18. The normalized spacial score (nSPS) is 22.8. The van der Waals surface area contributed by atoms with Crippen LogP contribution in [0.4, 0.5) is 4.79 Å². The lowest BCUT2D eigenvalue weighted by Gasteiger charge is -2.26. The molecule has 0 bridgehead atoms. The van der Waals surface area contributed by atoms with Crippen LogP contribution < -0.4 is 0 Å². The Kier molecular flexibility index (Phi) is 4.49. The van der Waals surface area contributed by atoms with E-state index in [0.29, 0.717) is 13.0 Å². The number of rotatable bonds is 4. The van der Waals surface area contributed by atoms with Crippen LogP contribution in [0.15, 0.2) is 0 Å². The van der Waals surface area contributed by atoms with Crippen LogP contribution in [0.1, 0.15) is 59.8 Å². The summed E-state index contributed by atoms with van der Waals surface area (Å²) in [6.07, 6.45) is 2.74. The fraction of sp³-hybridized carbons (Fsp3) is 0.812. The Morgan fingerprint density at radius 3 is 2.45 bits per heavy atom. The zero-order chi connectivity index (χ0) is 16.5. The van der Waals surface area contributed by atoms with E-state index in [2.05, 4.69) is 0 Å². The molecule has 1 spiro atoms. The molecular weight excluding hydrogens is 286 g/mol. The first-order chi connectivity index (χ1) is 10.2. The van der Waals surface area contributed by atoms with Crippen molar-refractivity contribution in [2.24, 2.45) is 5.41 Å². The summed E-state index contributed by atoms with van der Waals surface area (Å²) in [5.74, 6) is -0.796. The van der Waals surface area contributed by atoms with Gasteiger partial charge in [-0.1, -0.05) is 13.3 Å². The van der Waals surface area contributed by atoms with Crippen LogP contribution in [0, 0.1) is 5.41 Å². The minimum absolute atomic E-state index is 0.292. The molecule has 0 aromatic heterocycles. The maximum Gasteiger partial charge on any atom is 0.417 e. The molecule has 0 unspecified atom stereocenters. The van der Waals surface area contributed by atoms with E-state index in [1.807, 2.05) is 6.92 Å². The van der Waals surface area contributed by atoms with Crippen molar-refractivity contribution in [1.82, 2.24) is 4.90 Å². The first kappa shape index (κ1) is 16.8. The van der Waals surface area contributed by atoms with Crippen molar-refractivity contribution in [1.29, 1.82) is 0 Å². The molecule has 22 heavy (non-hydrogen) atoms. The van der Waals surface area contributed by atoms with Gasteiger partial charge < -0.3 is 9.47 Å². The quantitative estimate of drug-likeness (QED) is 0.589. The van der Waals surface area contributed by atoms with Crippen LogP contribution in [-0.4, -0.2) is 41.1 Å². The molecule has 2 aliphatic rings. The number of likely N-dealkylation sites (tertiary alicyclic amines) is 1.